The Morgan fingerprint density at radius 1 is 1.35 bits per heavy atom. The van der Waals surface area contributed by atoms with E-state index in [0.717, 1.165) is 25.3 Å². The average Bonchev–Trinajstić information content (AvgIpc) is 2.31. The summed E-state index contributed by atoms with van der Waals surface area (Å²) in [6.07, 6.45) is 5.29. The Morgan fingerprint density at radius 3 is 2.59 bits per heavy atom. The highest BCUT2D eigenvalue weighted by Gasteiger charge is 2.05. The van der Waals surface area contributed by atoms with E-state index >= 15 is 0 Å². The monoisotopic (exact) mass is 235 g/mol. The summed E-state index contributed by atoms with van der Waals surface area (Å²) in [4.78, 5) is 6.84. The number of hydrogen-bond donors (Lipinski definition) is 1. The fourth-order valence-electron chi connectivity index (χ4n) is 1.88. The quantitative estimate of drug-likeness (QED) is 0.790. The molecule has 0 aliphatic rings. The van der Waals surface area contributed by atoms with Crippen LogP contribution >= 0.6 is 0 Å². The van der Waals surface area contributed by atoms with Crippen molar-refractivity contribution < 1.29 is 0 Å². The van der Waals surface area contributed by atoms with Crippen LogP contribution in [0.15, 0.2) is 18.3 Å². The van der Waals surface area contributed by atoms with E-state index < -0.39 is 0 Å². The molecule has 0 aromatic carbocycles. The van der Waals surface area contributed by atoms with Crippen molar-refractivity contribution in [2.45, 2.75) is 46.1 Å². The standard InChI is InChI=1S/C14H25N3/c1-4-6-9-17(5-2)14-8-7-13(11-16-14)10-12(3)15/h7-8,11-12H,4-6,9-10,15H2,1-3H3. The Labute approximate surface area is 105 Å². The van der Waals surface area contributed by atoms with Gasteiger partial charge in [-0.25, -0.2) is 4.98 Å². The summed E-state index contributed by atoms with van der Waals surface area (Å²) in [6, 6.07) is 4.45. The third kappa shape index (κ3) is 4.73. The topological polar surface area (TPSA) is 42.1 Å². The van der Waals surface area contributed by atoms with Crippen molar-refractivity contribution in [3.63, 3.8) is 0 Å². The maximum atomic E-state index is 5.78. The van der Waals surface area contributed by atoms with Crippen LogP contribution in [0.2, 0.25) is 0 Å². The maximum Gasteiger partial charge on any atom is 0.128 e. The Balaban J connectivity index is 2.64. The van der Waals surface area contributed by atoms with Gasteiger partial charge in [0.25, 0.3) is 0 Å². The zero-order valence-corrected chi connectivity index (χ0v) is 11.3. The van der Waals surface area contributed by atoms with Gasteiger partial charge in [0, 0.05) is 25.3 Å². The van der Waals surface area contributed by atoms with Gasteiger partial charge in [-0.3, -0.25) is 0 Å². The van der Waals surface area contributed by atoms with Crippen LogP contribution < -0.4 is 10.6 Å². The van der Waals surface area contributed by atoms with E-state index in [2.05, 4.69) is 35.9 Å². The molecule has 2 N–H and O–H groups in total. The lowest BCUT2D eigenvalue weighted by Crippen LogP contribution is -2.25. The van der Waals surface area contributed by atoms with Gasteiger partial charge in [-0.05, 0) is 38.3 Å². The van der Waals surface area contributed by atoms with E-state index in [1.165, 1.54) is 18.4 Å². The molecule has 96 valence electrons. The highest BCUT2D eigenvalue weighted by Crippen LogP contribution is 2.12. The molecular formula is C14H25N3. The first-order valence-electron chi connectivity index (χ1n) is 6.62. The number of aromatic nitrogens is 1. The molecule has 1 aromatic rings. The molecule has 0 fully saturated rings. The highest BCUT2D eigenvalue weighted by molar-refractivity contribution is 5.39. The van der Waals surface area contributed by atoms with E-state index in [-0.39, 0.29) is 6.04 Å². The molecule has 3 nitrogen and oxygen atoms in total. The Hall–Kier alpha value is -1.09. The average molecular weight is 235 g/mol. The summed E-state index contributed by atoms with van der Waals surface area (Å²) in [6.45, 7) is 8.51. The van der Waals surface area contributed by atoms with Gasteiger partial charge in [0.15, 0.2) is 0 Å². The van der Waals surface area contributed by atoms with Gasteiger partial charge in [-0.15, -0.1) is 0 Å². The van der Waals surface area contributed by atoms with Crippen LogP contribution in [-0.2, 0) is 6.42 Å². The Bertz CT molecular complexity index is 306. The van der Waals surface area contributed by atoms with Gasteiger partial charge >= 0.3 is 0 Å². The maximum absolute atomic E-state index is 5.78. The second-order valence-corrected chi connectivity index (χ2v) is 4.64. The largest absolute Gasteiger partial charge is 0.357 e. The number of anilines is 1. The Kier molecular flexibility index (Phi) is 5.98. The van der Waals surface area contributed by atoms with E-state index in [1.807, 2.05) is 13.1 Å². The van der Waals surface area contributed by atoms with Crippen LogP contribution in [0.3, 0.4) is 0 Å². The molecule has 1 heterocycles. The van der Waals surface area contributed by atoms with Gasteiger partial charge in [0.1, 0.15) is 5.82 Å². The smallest absolute Gasteiger partial charge is 0.128 e. The molecule has 0 saturated carbocycles. The first-order chi connectivity index (χ1) is 8.17. The van der Waals surface area contributed by atoms with Crippen molar-refractivity contribution in [1.82, 2.24) is 4.98 Å². The van der Waals surface area contributed by atoms with Gasteiger partial charge in [-0.2, -0.15) is 0 Å². The number of hydrogen-bond acceptors (Lipinski definition) is 3. The molecule has 1 rings (SSSR count). The summed E-state index contributed by atoms with van der Waals surface area (Å²) in [5.41, 5.74) is 6.99. The minimum Gasteiger partial charge on any atom is -0.357 e. The van der Waals surface area contributed by atoms with Crippen molar-refractivity contribution in [2.24, 2.45) is 5.73 Å². The first kappa shape index (κ1) is 14.0. The van der Waals surface area contributed by atoms with Crippen molar-refractivity contribution >= 4 is 5.82 Å². The van der Waals surface area contributed by atoms with Crippen molar-refractivity contribution in [2.75, 3.05) is 18.0 Å². The van der Waals surface area contributed by atoms with Crippen LogP contribution in [0, 0.1) is 0 Å². The summed E-state index contributed by atoms with van der Waals surface area (Å²) >= 11 is 0. The molecule has 17 heavy (non-hydrogen) atoms. The van der Waals surface area contributed by atoms with Gasteiger partial charge in [0.05, 0.1) is 0 Å². The predicted molar refractivity (Wildman–Crippen MR) is 74.4 cm³/mol. The summed E-state index contributed by atoms with van der Waals surface area (Å²) < 4.78 is 0. The molecule has 1 atom stereocenters. The van der Waals surface area contributed by atoms with Gasteiger partial charge in [-0.1, -0.05) is 19.4 Å². The minimum absolute atomic E-state index is 0.199. The highest BCUT2D eigenvalue weighted by atomic mass is 15.2. The lowest BCUT2D eigenvalue weighted by Gasteiger charge is -2.21. The lowest BCUT2D eigenvalue weighted by molar-refractivity contribution is 0.718. The predicted octanol–water partition coefficient (Wildman–Crippen LogP) is 2.60. The normalized spacial score (nSPS) is 12.5. The molecule has 0 aliphatic carbocycles. The molecule has 0 saturated heterocycles. The molecule has 3 heteroatoms. The van der Waals surface area contributed by atoms with Crippen molar-refractivity contribution in [3.05, 3.63) is 23.9 Å². The molecule has 0 amide bonds. The molecule has 0 aliphatic heterocycles. The van der Waals surface area contributed by atoms with Crippen LogP contribution in [0.5, 0.6) is 0 Å². The third-order valence-corrected chi connectivity index (χ3v) is 2.85. The molecule has 1 unspecified atom stereocenters. The van der Waals surface area contributed by atoms with Gasteiger partial charge < -0.3 is 10.6 Å². The number of nitrogens with zero attached hydrogens (tertiary/aromatic N) is 2. The SMILES string of the molecule is CCCCN(CC)c1ccc(CC(C)N)cn1. The fraction of sp³-hybridized carbons (Fsp3) is 0.643. The molecule has 0 spiro atoms. The van der Waals surface area contributed by atoms with E-state index in [0.29, 0.717) is 0 Å². The number of unbranched alkanes of at least 4 members (excludes halogenated alkanes) is 1. The van der Waals surface area contributed by atoms with Crippen LogP contribution in [0.1, 0.15) is 39.2 Å². The zero-order chi connectivity index (χ0) is 12.7. The minimum atomic E-state index is 0.199. The number of pyridine rings is 1. The second kappa shape index (κ2) is 7.28. The first-order valence-corrected chi connectivity index (χ1v) is 6.62. The third-order valence-electron chi connectivity index (χ3n) is 2.85. The van der Waals surface area contributed by atoms with Crippen LogP contribution in [-0.4, -0.2) is 24.1 Å². The Morgan fingerprint density at radius 2 is 2.12 bits per heavy atom. The lowest BCUT2D eigenvalue weighted by atomic mass is 10.1. The van der Waals surface area contributed by atoms with E-state index in [1.54, 1.807) is 0 Å². The zero-order valence-electron chi connectivity index (χ0n) is 11.3. The van der Waals surface area contributed by atoms with Crippen LogP contribution in [0.25, 0.3) is 0 Å². The molecule has 1 aromatic heterocycles. The summed E-state index contributed by atoms with van der Waals surface area (Å²) in [5.74, 6) is 1.08. The van der Waals surface area contributed by atoms with Gasteiger partial charge in [0.2, 0.25) is 0 Å². The number of nitrogens with two attached hydrogens (primary N) is 1. The van der Waals surface area contributed by atoms with Crippen LogP contribution in [0.4, 0.5) is 5.82 Å². The van der Waals surface area contributed by atoms with Crippen molar-refractivity contribution in [3.8, 4) is 0 Å². The number of rotatable bonds is 7. The molecular weight excluding hydrogens is 210 g/mol. The summed E-state index contributed by atoms with van der Waals surface area (Å²) in [5, 5.41) is 0. The molecule has 0 radical (unpaired) electrons. The second-order valence-electron chi connectivity index (χ2n) is 4.64. The summed E-state index contributed by atoms with van der Waals surface area (Å²) in [7, 11) is 0. The van der Waals surface area contributed by atoms with Crippen molar-refractivity contribution in [1.29, 1.82) is 0 Å². The molecule has 0 bridgehead atoms. The van der Waals surface area contributed by atoms with E-state index in [4.69, 9.17) is 5.73 Å². The van der Waals surface area contributed by atoms with E-state index in [9.17, 15) is 0 Å². The fourth-order valence-corrected chi connectivity index (χ4v) is 1.88.